The van der Waals surface area contributed by atoms with Crippen LogP contribution >= 0.6 is 0 Å². The topological polar surface area (TPSA) is 61.6 Å². The van der Waals surface area contributed by atoms with Gasteiger partial charge in [-0.1, -0.05) is 32.0 Å². The average Bonchev–Trinajstić information content (AvgIpc) is 2.79. The minimum atomic E-state index is -0.724. The minimum absolute atomic E-state index is 0.166. The van der Waals surface area contributed by atoms with E-state index in [0.717, 1.165) is 34.4 Å². The molecule has 0 aliphatic heterocycles. The molecule has 0 saturated carbocycles. The van der Waals surface area contributed by atoms with Crippen molar-refractivity contribution in [2.75, 3.05) is 6.61 Å². The van der Waals surface area contributed by atoms with Crippen LogP contribution in [0, 0.1) is 19.3 Å². The zero-order chi connectivity index (χ0) is 19.1. The first-order valence-electron chi connectivity index (χ1n) is 9.06. The third kappa shape index (κ3) is 3.28. The zero-order valence-electron chi connectivity index (χ0n) is 16.2. The lowest BCUT2D eigenvalue weighted by molar-refractivity contribution is 0.0392. The number of ether oxygens (including phenoxy) is 2. The first-order valence-corrected chi connectivity index (χ1v) is 9.06. The van der Waals surface area contributed by atoms with Gasteiger partial charge < -0.3 is 15.2 Å². The first kappa shape index (κ1) is 18.3. The number of rotatable bonds is 4. The average molecular weight is 353 g/mol. The molecule has 1 atom stereocenters. The Morgan fingerprint density at radius 1 is 1.15 bits per heavy atom. The SMILES string of the molecule is CCOc1c(C)cc(-c2ccc3c(c2)CC(C)(C)[C@H]3OC(N)=O)cc1C. The van der Waals surface area contributed by atoms with Crippen molar-refractivity contribution in [1.82, 2.24) is 0 Å². The standard InChI is InChI=1S/C22H27NO3/c1-6-25-19-13(2)9-16(10-14(19)3)15-7-8-18-17(11-15)12-22(4,5)20(18)26-21(23)24/h7-11,20H,6,12H2,1-5H3,(H2,23,24)/t20-/m0/s1. The van der Waals surface area contributed by atoms with Gasteiger partial charge in [0.05, 0.1) is 6.61 Å². The van der Waals surface area contributed by atoms with Gasteiger partial charge in [0.1, 0.15) is 11.9 Å². The number of primary amides is 1. The Morgan fingerprint density at radius 2 is 1.81 bits per heavy atom. The number of hydrogen-bond donors (Lipinski definition) is 1. The molecule has 0 spiro atoms. The van der Waals surface area contributed by atoms with Gasteiger partial charge in [-0.3, -0.25) is 0 Å². The Balaban J connectivity index is 2.00. The summed E-state index contributed by atoms with van der Waals surface area (Å²) < 4.78 is 11.2. The normalized spacial score (nSPS) is 17.7. The van der Waals surface area contributed by atoms with Gasteiger partial charge in [0, 0.05) is 5.41 Å². The summed E-state index contributed by atoms with van der Waals surface area (Å²) in [6.07, 6.45) is -0.172. The molecule has 26 heavy (non-hydrogen) atoms. The van der Waals surface area contributed by atoms with Crippen molar-refractivity contribution in [3.63, 3.8) is 0 Å². The quantitative estimate of drug-likeness (QED) is 0.833. The summed E-state index contributed by atoms with van der Waals surface area (Å²) in [6, 6.07) is 10.7. The molecule has 1 aliphatic rings. The van der Waals surface area contributed by atoms with E-state index in [4.69, 9.17) is 15.2 Å². The molecular weight excluding hydrogens is 326 g/mol. The van der Waals surface area contributed by atoms with E-state index in [1.54, 1.807) is 0 Å². The third-order valence-corrected chi connectivity index (χ3v) is 5.10. The first-order chi connectivity index (χ1) is 12.2. The monoisotopic (exact) mass is 353 g/mol. The molecule has 0 saturated heterocycles. The molecule has 0 aromatic heterocycles. The number of carbonyl (C=O) groups excluding carboxylic acids is 1. The molecule has 4 nitrogen and oxygen atoms in total. The number of aryl methyl sites for hydroxylation is 2. The Morgan fingerprint density at radius 3 is 2.38 bits per heavy atom. The van der Waals surface area contributed by atoms with Crippen LogP contribution in [-0.4, -0.2) is 12.7 Å². The summed E-state index contributed by atoms with van der Waals surface area (Å²) in [5.41, 5.74) is 12.0. The van der Waals surface area contributed by atoms with E-state index in [0.29, 0.717) is 6.61 Å². The fourth-order valence-electron chi connectivity index (χ4n) is 4.03. The van der Waals surface area contributed by atoms with E-state index in [2.05, 4.69) is 58.0 Å². The number of hydrogen-bond acceptors (Lipinski definition) is 3. The second-order valence-corrected chi connectivity index (χ2v) is 7.77. The number of fused-ring (bicyclic) bond motifs is 1. The Hall–Kier alpha value is -2.49. The molecule has 138 valence electrons. The van der Waals surface area contributed by atoms with E-state index in [1.807, 2.05) is 6.92 Å². The second-order valence-electron chi connectivity index (χ2n) is 7.77. The predicted molar refractivity (Wildman–Crippen MR) is 103 cm³/mol. The highest BCUT2D eigenvalue weighted by molar-refractivity contribution is 5.70. The highest BCUT2D eigenvalue weighted by Crippen LogP contribution is 2.48. The molecule has 2 aromatic carbocycles. The van der Waals surface area contributed by atoms with Crippen LogP contribution in [0.5, 0.6) is 5.75 Å². The van der Waals surface area contributed by atoms with Gasteiger partial charge in [0.2, 0.25) is 0 Å². The number of amides is 1. The molecule has 0 bridgehead atoms. The molecular formula is C22H27NO3. The maximum atomic E-state index is 11.3. The highest BCUT2D eigenvalue weighted by Gasteiger charge is 2.41. The maximum absolute atomic E-state index is 11.3. The summed E-state index contributed by atoms with van der Waals surface area (Å²) in [6.45, 7) is 11.0. The largest absolute Gasteiger partial charge is 0.493 e. The fourth-order valence-corrected chi connectivity index (χ4v) is 4.03. The Kier molecular flexibility index (Phi) is 4.70. The summed E-state index contributed by atoms with van der Waals surface area (Å²) in [4.78, 5) is 11.3. The van der Waals surface area contributed by atoms with Crippen molar-refractivity contribution >= 4 is 6.09 Å². The van der Waals surface area contributed by atoms with Crippen LogP contribution in [0.4, 0.5) is 4.79 Å². The van der Waals surface area contributed by atoms with Gasteiger partial charge in [0.15, 0.2) is 0 Å². The van der Waals surface area contributed by atoms with Crippen LogP contribution in [-0.2, 0) is 11.2 Å². The van der Waals surface area contributed by atoms with Gasteiger partial charge in [-0.15, -0.1) is 0 Å². The molecule has 1 aliphatic carbocycles. The zero-order valence-corrected chi connectivity index (χ0v) is 16.2. The van der Waals surface area contributed by atoms with Crippen molar-refractivity contribution in [3.8, 4) is 16.9 Å². The lowest BCUT2D eigenvalue weighted by Gasteiger charge is -2.26. The van der Waals surface area contributed by atoms with E-state index in [1.165, 1.54) is 11.1 Å². The number of benzene rings is 2. The number of carbonyl (C=O) groups is 1. The van der Waals surface area contributed by atoms with Crippen LogP contribution in [0.1, 0.15) is 49.1 Å². The van der Waals surface area contributed by atoms with E-state index >= 15 is 0 Å². The summed E-state index contributed by atoms with van der Waals surface area (Å²) >= 11 is 0. The van der Waals surface area contributed by atoms with Crippen molar-refractivity contribution < 1.29 is 14.3 Å². The lowest BCUT2D eigenvalue weighted by Crippen LogP contribution is -2.25. The smallest absolute Gasteiger partial charge is 0.405 e. The van der Waals surface area contributed by atoms with E-state index in [9.17, 15) is 4.79 Å². The van der Waals surface area contributed by atoms with Crippen LogP contribution in [0.2, 0.25) is 0 Å². The molecule has 0 heterocycles. The van der Waals surface area contributed by atoms with Crippen molar-refractivity contribution in [2.24, 2.45) is 11.1 Å². The third-order valence-electron chi connectivity index (χ3n) is 5.10. The molecule has 2 N–H and O–H groups in total. The second kappa shape index (κ2) is 6.67. The van der Waals surface area contributed by atoms with Crippen LogP contribution in [0.3, 0.4) is 0 Å². The minimum Gasteiger partial charge on any atom is -0.493 e. The summed E-state index contributed by atoms with van der Waals surface area (Å²) in [5, 5.41) is 0. The highest BCUT2D eigenvalue weighted by atomic mass is 16.6. The maximum Gasteiger partial charge on any atom is 0.405 e. The summed E-state index contributed by atoms with van der Waals surface area (Å²) in [7, 11) is 0. The fraction of sp³-hybridized carbons (Fsp3) is 0.409. The molecule has 0 unspecified atom stereocenters. The van der Waals surface area contributed by atoms with Crippen molar-refractivity contribution in [2.45, 2.75) is 47.1 Å². The van der Waals surface area contributed by atoms with Gasteiger partial charge in [-0.05, 0) is 72.7 Å². The van der Waals surface area contributed by atoms with Gasteiger partial charge in [-0.25, -0.2) is 4.79 Å². The molecule has 0 fully saturated rings. The van der Waals surface area contributed by atoms with Gasteiger partial charge in [0.25, 0.3) is 0 Å². The molecule has 0 radical (unpaired) electrons. The van der Waals surface area contributed by atoms with Gasteiger partial charge in [-0.2, -0.15) is 0 Å². The molecule has 2 aromatic rings. The van der Waals surface area contributed by atoms with Crippen molar-refractivity contribution in [3.05, 3.63) is 52.6 Å². The van der Waals surface area contributed by atoms with Crippen LogP contribution < -0.4 is 10.5 Å². The van der Waals surface area contributed by atoms with Crippen LogP contribution in [0.25, 0.3) is 11.1 Å². The van der Waals surface area contributed by atoms with Crippen LogP contribution in [0.15, 0.2) is 30.3 Å². The lowest BCUT2D eigenvalue weighted by atomic mass is 9.87. The summed E-state index contributed by atoms with van der Waals surface area (Å²) in [5.74, 6) is 0.966. The predicted octanol–water partition coefficient (Wildman–Crippen LogP) is 5.09. The van der Waals surface area contributed by atoms with Gasteiger partial charge >= 0.3 is 6.09 Å². The van der Waals surface area contributed by atoms with Crippen molar-refractivity contribution in [1.29, 1.82) is 0 Å². The Bertz CT molecular complexity index is 831. The number of nitrogens with two attached hydrogens (primary N) is 1. The molecule has 4 heteroatoms. The molecule has 3 rings (SSSR count). The molecule has 1 amide bonds. The van der Waals surface area contributed by atoms with E-state index < -0.39 is 6.09 Å². The van der Waals surface area contributed by atoms with E-state index in [-0.39, 0.29) is 11.5 Å². The Labute approximate surface area is 155 Å².